The second-order valence-corrected chi connectivity index (χ2v) is 10.2. The Bertz CT molecular complexity index is 1150. The summed E-state index contributed by atoms with van der Waals surface area (Å²) in [7, 11) is 0. The van der Waals surface area contributed by atoms with Crippen LogP contribution >= 0.6 is 0 Å². The average molecular weight is 477 g/mol. The standard InChI is InChI=1S/C27H28N2O6/c30-24(28-16-9-15-10-27(15,11-16)25(31)32)22-12-34-14-23(22)29-26(33)35-13-21-19-7-3-1-5-17(19)18-6-2-4-8-20(18)21/h1-8,15-16,21-23H,9-14H2,(H,28,30)(H,29,33)(H,31,32). The number of nitrogens with one attached hydrogen (secondary N) is 2. The van der Waals surface area contributed by atoms with Crippen LogP contribution in [0.5, 0.6) is 0 Å². The third-order valence-corrected chi connectivity index (χ3v) is 8.25. The van der Waals surface area contributed by atoms with E-state index in [0.717, 1.165) is 22.3 Å². The molecule has 1 saturated heterocycles. The van der Waals surface area contributed by atoms with Crippen molar-refractivity contribution in [3.8, 4) is 11.1 Å². The van der Waals surface area contributed by atoms with Crippen LogP contribution in [0.1, 0.15) is 36.3 Å². The van der Waals surface area contributed by atoms with Crippen LogP contribution in [0, 0.1) is 17.3 Å². The van der Waals surface area contributed by atoms with E-state index in [2.05, 4.69) is 34.9 Å². The maximum atomic E-state index is 12.9. The lowest BCUT2D eigenvalue weighted by atomic mass is 9.98. The van der Waals surface area contributed by atoms with Gasteiger partial charge in [0.1, 0.15) is 6.61 Å². The van der Waals surface area contributed by atoms with Crippen molar-refractivity contribution >= 4 is 18.0 Å². The number of carbonyl (C=O) groups excluding carboxylic acids is 2. The van der Waals surface area contributed by atoms with Gasteiger partial charge >= 0.3 is 12.1 Å². The van der Waals surface area contributed by atoms with Gasteiger partial charge in [0.05, 0.1) is 30.6 Å². The fraction of sp³-hybridized carbons (Fsp3) is 0.444. The Morgan fingerprint density at radius 2 is 1.66 bits per heavy atom. The molecule has 2 aromatic carbocycles. The molecule has 0 bridgehead atoms. The van der Waals surface area contributed by atoms with Crippen LogP contribution in [0.2, 0.25) is 0 Å². The largest absolute Gasteiger partial charge is 0.481 e. The molecule has 3 fully saturated rings. The van der Waals surface area contributed by atoms with Gasteiger partial charge in [-0.15, -0.1) is 0 Å². The molecule has 4 aliphatic rings. The van der Waals surface area contributed by atoms with Gasteiger partial charge in [0.25, 0.3) is 0 Å². The van der Waals surface area contributed by atoms with Gasteiger partial charge in [-0.3, -0.25) is 9.59 Å². The number of hydrogen-bond donors (Lipinski definition) is 3. The zero-order chi connectivity index (χ0) is 24.2. The van der Waals surface area contributed by atoms with Crippen molar-refractivity contribution in [2.24, 2.45) is 17.3 Å². The van der Waals surface area contributed by atoms with Crippen LogP contribution in [-0.4, -0.2) is 55.0 Å². The second kappa shape index (κ2) is 8.37. The monoisotopic (exact) mass is 476 g/mol. The van der Waals surface area contributed by atoms with E-state index in [9.17, 15) is 19.5 Å². The highest BCUT2D eigenvalue weighted by atomic mass is 16.5. The molecular weight excluding hydrogens is 448 g/mol. The predicted molar refractivity (Wildman–Crippen MR) is 126 cm³/mol. The van der Waals surface area contributed by atoms with E-state index in [1.165, 1.54) is 0 Å². The Hall–Kier alpha value is -3.39. The molecule has 0 spiro atoms. The Labute approximate surface area is 203 Å². The molecule has 0 aromatic heterocycles. The number of rotatable bonds is 6. The van der Waals surface area contributed by atoms with E-state index in [1.54, 1.807) is 0 Å². The van der Waals surface area contributed by atoms with Crippen LogP contribution < -0.4 is 10.6 Å². The first-order valence-corrected chi connectivity index (χ1v) is 12.2. The molecule has 8 heteroatoms. The quantitative estimate of drug-likeness (QED) is 0.591. The van der Waals surface area contributed by atoms with Crippen molar-refractivity contribution < 1.29 is 29.0 Å². The summed E-state index contributed by atoms with van der Waals surface area (Å²) in [5.74, 6) is -1.40. The Morgan fingerprint density at radius 1 is 0.971 bits per heavy atom. The lowest BCUT2D eigenvalue weighted by molar-refractivity contribution is -0.144. The molecule has 182 valence electrons. The highest BCUT2D eigenvalue weighted by molar-refractivity contribution is 5.83. The molecule has 1 heterocycles. The molecule has 3 N–H and O–H groups in total. The minimum Gasteiger partial charge on any atom is -0.481 e. The van der Waals surface area contributed by atoms with Gasteiger partial charge in [-0.25, -0.2) is 4.79 Å². The molecule has 5 atom stereocenters. The summed E-state index contributed by atoms with van der Waals surface area (Å²) < 4.78 is 11.1. The third kappa shape index (κ3) is 3.76. The maximum Gasteiger partial charge on any atom is 0.407 e. The number of carboxylic acid groups (broad SMARTS) is 1. The molecule has 1 aliphatic heterocycles. The number of amides is 2. The first-order chi connectivity index (χ1) is 17.0. The summed E-state index contributed by atoms with van der Waals surface area (Å²) in [5, 5.41) is 15.3. The molecule has 2 aromatic rings. The number of ether oxygens (including phenoxy) is 2. The fourth-order valence-corrected chi connectivity index (χ4v) is 6.32. The summed E-state index contributed by atoms with van der Waals surface area (Å²) in [6.07, 6.45) is 1.28. The number of hydrogen-bond acceptors (Lipinski definition) is 5. The molecule has 2 amide bonds. The molecule has 3 aliphatic carbocycles. The van der Waals surface area contributed by atoms with Crippen LogP contribution in [-0.2, 0) is 19.1 Å². The average Bonchev–Trinajstić information content (AvgIpc) is 3.17. The van der Waals surface area contributed by atoms with Gasteiger partial charge in [-0.05, 0) is 47.4 Å². The third-order valence-electron chi connectivity index (χ3n) is 8.25. The lowest BCUT2D eigenvalue weighted by Crippen LogP contribution is -2.48. The molecule has 2 saturated carbocycles. The Kier molecular flexibility index (Phi) is 5.29. The van der Waals surface area contributed by atoms with Crippen molar-refractivity contribution in [2.75, 3.05) is 19.8 Å². The minimum absolute atomic E-state index is 0.0394. The van der Waals surface area contributed by atoms with E-state index in [1.807, 2.05) is 24.3 Å². The molecule has 0 radical (unpaired) electrons. The van der Waals surface area contributed by atoms with Gasteiger partial charge in [0.2, 0.25) is 5.91 Å². The second-order valence-electron chi connectivity index (χ2n) is 10.2. The van der Waals surface area contributed by atoms with Crippen LogP contribution in [0.3, 0.4) is 0 Å². The highest BCUT2D eigenvalue weighted by Gasteiger charge is 2.65. The van der Waals surface area contributed by atoms with Crippen molar-refractivity contribution in [3.63, 3.8) is 0 Å². The first kappa shape index (κ1) is 22.1. The Balaban J connectivity index is 1.05. The fourth-order valence-electron chi connectivity index (χ4n) is 6.32. The van der Waals surface area contributed by atoms with Gasteiger partial charge in [-0.2, -0.15) is 0 Å². The van der Waals surface area contributed by atoms with Crippen LogP contribution in [0.25, 0.3) is 11.1 Å². The van der Waals surface area contributed by atoms with Gasteiger partial charge in [0, 0.05) is 12.0 Å². The number of alkyl carbamates (subject to hydrolysis) is 1. The lowest BCUT2D eigenvalue weighted by Gasteiger charge is -2.22. The summed E-state index contributed by atoms with van der Waals surface area (Å²) in [6, 6.07) is 15.6. The van der Waals surface area contributed by atoms with Crippen molar-refractivity contribution in [2.45, 2.75) is 37.3 Å². The summed E-state index contributed by atoms with van der Waals surface area (Å²) in [4.78, 5) is 37.1. The van der Waals surface area contributed by atoms with E-state index in [-0.39, 0.29) is 43.6 Å². The van der Waals surface area contributed by atoms with Crippen molar-refractivity contribution in [1.29, 1.82) is 0 Å². The maximum absolute atomic E-state index is 12.9. The molecule has 5 unspecified atom stereocenters. The number of carbonyl (C=O) groups is 3. The molecule has 6 rings (SSSR count). The zero-order valence-corrected chi connectivity index (χ0v) is 19.2. The van der Waals surface area contributed by atoms with Crippen LogP contribution in [0.4, 0.5) is 4.79 Å². The predicted octanol–water partition coefficient (Wildman–Crippen LogP) is 2.91. The molecule has 35 heavy (non-hydrogen) atoms. The normalized spacial score (nSPS) is 30.2. The number of benzene rings is 2. The number of aliphatic carboxylic acids is 1. The minimum atomic E-state index is -0.766. The van der Waals surface area contributed by atoms with E-state index in [0.29, 0.717) is 19.3 Å². The van der Waals surface area contributed by atoms with Crippen LogP contribution in [0.15, 0.2) is 48.5 Å². The van der Waals surface area contributed by atoms with Gasteiger partial charge < -0.3 is 25.2 Å². The van der Waals surface area contributed by atoms with Crippen molar-refractivity contribution in [1.82, 2.24) is 10.6 Å². The first-order valence-electron chi connectivity index (χ1n) is 12.2. The summed E-state index contributed by atoms with van der Waals surface area (Å²) >= 11 is 0. The zero-order valence-electron chi connectivity index (χ0n) is 19.2. The van der Waals surface area contributed by atoms with E-state index < -0.39 is 29.4 Å². The molecule has 8 nitrogen and oxygen atoms in total. The summed E-state index contributed by atoms with van der Waals surface area (Å²) in [6.45, 7) is 0.639. The summed E-state index contributed by atoms with van der Waals surface area (Å²) in [5.41, 5.74) is 3.94. The van der Waals surface area contributed by atoms with Gasteiger partial charge in [-0.1, -0.05) is 48.5 Å². The SMILES string of the molecule is O=C(NC1COCC1C(=O)NC1CC2CC2(C(=O)O)C1)OCC1c2ccccc2-c2ccccc21. The highest BCUT2D eigenvalue weighted by Crippen LogP contribution is 2.63. The molecular formula is C27H28N2O6. The van der Waals surface area contributed by atoms with Crippen molar-refractivity contribution in [3.05, 3.63) is 59.7 Å². The number of carboxylic acids is 1. The topological polar surface area (TPSA) is 114 Å². The number of fused-ring (bicyclic) bond motifs is 4. The van der Waals surface area contributed by atoms with E-state index >= 15 is 0 Å². The smallest absolute Gasteiger partial charge is 0.407 e. The van der Waals surface area contributed by atoms with E-state index in [4.69, 9.17) is 9.47 Å². The van der Waals surface area contributed by atoms with Gasteiger partial charge in [0.15, 0.2) is 0 Å². The Morgan fingerprint density at radius 3 is 2.31 bits per heavy atom.